The van der Waals surface area contributed by atoms with Crippen molar-refractivity contribution >= 4 is 33.3 Å². The summed E-state index contributed by atoms with van der Waals surface area (Å²) in [6.45, 7) is 2.68. The number of fused-ring (bicyclic) bond motifs is 1. The van der Waals surface area contributed by atoms with Gasteiger partial charge in [-0.15, -0.1) is 0 Å². The van der Waals surface area contributed by atoms with Crippen LogP contribution >= 0.6 is 15.9 Å². The molecule has 0 aromatic heterocycles. The van der Waals surface area contributed by atoms with E-state index in [2.05, 4.69) is 22.9 Å². The van der Waals surface area contributed by atoms with Crippen LogP contribution in [0.5, 0.6) is 0 Å². The van der Waals surface area contributed by atoms with Crippen molar-refractivity contribution in [2.24, 2.45) is 0 Å². The van der Waals surface area contributed by atoms with Gasteiger partial charge in [0, 0.05) is 6.54 Å². The topological polar surface area (TPSA) is 37.4 Å². The lowest BCUT2D eigenvalue weighted by Crippen LogP contribution is -2.30. The second kappa shape index (κ2) is 7.16. The predicted molar refractivity (Wildman–Crippen MR) is 84.2 cm³/mol. The molecule has 1 amide bonds. The number of hydrogen-bond donors (Lipinski definition) is 0. The molecule has 0 unspecified atom stereocenters. The molecule has 1 aromatic rings. The summed E-state index contributed by atoms with van der Waals surface area (Å²) in [7, 11) is 0. The maximum absolute atomic E-state index is 13.5. The predicted octanol–water partition coefficient (Wildman–Crippen LogP) is 4.48. The van der Waals surface area contributed by atoms with Crippen LogP contribution in [-0.4, -0.2) is 18.2 Å². The Hall–Kier alpha value is -1.23. The number of hydrogen-bond acceptors (Lipinski definition) is 2. The quantitative estimate of drug-likeness (QED) is 0.534. The highest BCUT2D eigenvalue weighted by atomic mass is 79.9. The van der Waals surface area contributed by atoms with E-state index in [9.17, 15) is 14.0 Å². The Kier molecular flexibility index (Phi) is 5.51. The number of anilines is 1. The van der Waals surface area contributed by atoms with Crippen LogP contribution < -0.4 is 4.90 Å². The molecule has 0 N–H and O–H groups in total. The van der Waals surface area contributed by atoms with Crippen LogP contribution in [0.2, 0.25) is 0 Å². The molecular formula is C16H19BrFNO2. The third kappa shape index (κ3) is 3.51. The first-order valence-corrected chi connectivity index (χ1v) is 8.20. The average molecular weight is 356 g/mol. The van der Waals surface area contributed by atoms with E-state index in [0.717, 1.165) is 25.3 Å². The molecule has 5 heteroatoms. The molecule has 1 aromatic carbocycles. The van der Waals surface area contributed by atoms with E-state index in [1.165, 1.54) is 30.2 Å². The Labute approximate surface area is 132 Å². The molecule has 114 valence electrons. The van der Waals surface area contributed by atoms with Gasteiger partial charge in [-0.1, -0.05) is 39.0 Å². The van der Waals surface area contributed by atoms with E-state index in [-0.39, 0.29) is 10.0 Å². The van der Waals surface area contributed by atoms with E-state index in [1.807, 2.05) is 0 Å². The molecule has 0 spiro atoms. The van der Waals surface area contributed by atoms with Crippen LogP contribution in [0.15, 0.2) is 16.6 Å². The zero-order chi connectivity index (χ0) is 15.4. The lowest BCUT2D eigenvalue weighted by molar-refractivity contribution is -0.114. The number of halogens is 2. The number of Topliss-reactive ketones (excluding diaryl/α,β-unsaturated/α-hetero) is 1. The lowest BCUT2D eigenvalue weighted by atomic mass is 10.1. The monoisotopic (exact) mass is 355 g/mol. The first-order valence-electron chi connectivity index (χ1n) is 7.41. The van der Waals surface area contributed by atoms with E-state index < -0.39 is 17.5 Å². The summed E-state index contributed by atoms with van der Waals surface area (Å²) >= 11 is 3.10. The van der Waals surface area contributed by atoms with Crippen molar-refractivity contribution in [3.8, 4) is 0 Å². The molecule has 21 heavy (non-hydrogen) atoms. The van der Waals surface area contributed by atoms with Crippen molar-refractivity contribution in [2.45, 2.75) is 45.4 Å². The highest BCUT2D eigenvalue weighted by Gasteiger charge is 2.36. The van der Waals surface area contributed by atoms with E-state index in [4.69, 9.17) is 0 Å². The van der Waals surface area contributed by atoms with Crippen LogP contribution in [0, 0.1) is 5.82 Å². The molecule has 2 rings (SSSR count). The fraction of sp³-hybridized carbons (Fsp3) is 0.500. The summed E-state index contributed by atoms with van der Waals surface area (Å²) in [5.41, 5.74) is 0.693. The number of amides is 1. The average Bonchev–Trinajstić information content (AvgIpc) is 2.68. The fourth-order valence-electron chi connectivity index (χ4n) is 2.56. The van der Waals surface area contributed by atoms with Crippen molar-refractivity contribution < 1.29 is 14.0 Å². The maximum Gasteiger partial charge on any atom is 0.299 e. The van der Waals surface area contributed by atoms with Crippen molar-refractivity contribution in [3.05, 3.63) is 28.0 Å². The Morgan fingerprint density at radius 3 is 2.48 bits per heavy atom. The molecule has 3 nitrogen and oxygen atoms in total. The van der Waals surface area contributed by atoms with Gasteiger partial charge in [-0.05, 0) is 34.5 Å². The van der Waals surface area contributed by atoms with Crippen LogP contribution in [0.1, 0.15) is 55.8 Å². The molecule has 0 fully saturated rings. The molecule has 0 aliphatic carbocycles. The van der Waals surface area contributed by atoms with Crippen molar-refractivity contribution in [1.82, 2.24) is 0 Å². The van der Waals surface area contributed by atoms with Gasteiger partial charge in [-0.25, -0.2) is 4.39 Å². The third-order valence-corrected chi connectivity index (χ3v) is 4.36. The number of benzene rings is 1. The highest BCUT2D eigenvalue weighted by Crippen LogP contribution is 2.33. The molecule has 1 heterocycles. The van der Waals surface area contributed by atoms with Gasteiger partial charge in [-0.3, -0.25) is 9.59 Å². The zero-order valence-corrected chi connectivity index (χ0v) is 13.7. The molecule has 1 aliphatic rings. The minimum atomic E-state index is -0.609. The van der Waals surface area contributed by atoms with Gasteiger partial charge in [0.2, 0.25) is 0 Å². The minimum absolute atomic E-state index is 0.173. The first kappa shape index (κ1) is 16.1. The Morgan fingerprint density at radius 1 is 1.10 bits per heavy atom. The van der Waals surface area contributed by atoms with Gasteiger partial charge >= 0.3 is 0 Å². The van der Waals surface area contributed by atoms with Crippen molar-refractivity contribution in [1.29, 1.82) is 0 Å². The Bertz CT molecular complexity index is 559. The van der Waals surface area contributed by atoms with Gasteiger partial charge in [0.1, 0.15) is 5.82 Å². The maximum atomic E-state index is 13.5. The largest absolute Gasteiger partial charge is 0.305 e. The number of rotatable bonds is 7. The number of ketones is 1. The third-order valence-electron chi connectivity index (χ3n) is 3.75. The zero-order valence-electron chi connectivity index (χ0n) is 12.1. The van der Waals surface area contributed by atoms with Gasteiger partial charge in [0.15, 0.2) is 0 Å². The number of carbonyl (C=O) groups excluding carboxylic acids is 2. The molecule has 0 saturated carbocycles. The van der Waals surface area contributed by atoms with Crippen LogP contribution in [-0.2, 0) is 4.79 Å². The number of carbonyl (C=O) groups is 2. The van der Waals surface area contributed by atoms with Crippen LogP contribution in [0.3, 0.4) is 0 Å². The molecule has 0 atom stereocenters. The number of unbranched alkanes of at least 4 members (excludes halogenated alkanes) is 5. The van der Waals surface area contributed by atoms with Crippen LogP contribution in [0.4, 0.5) is 10.1 Å². The Balaban J connectivity index is 2.00. The highest BCUT2D eigenvalue weighted by molar-refractivity contribution is 9.10. The standard InChI is InChI=1S/C16H19BrFNO2/c1-2-3-4-5-6-7-8-19-14-10-12(17)13(18)9-11(14)15(20)16(19)21/h9-10H,2-8H2,1H3. The first-order chi connectivity index (χ1) is 10.1. The fourth-order valence-corrected chi connectivity index (χ4v) is 2.89. The second-order valence-electron chi connectivity index (χ2n) is 5.34. The van der Waals surface area contributed by atoms with E-state index >= 15 is 0 Å². The summed E-state index contributed by atoms with van der Waals surface area (Å²) in [5, 5.41) is 0. The molecule has 1 aliphatic heterocycles. The van der Waals surface area contributed by atoms with Gasteiger partial charge < -0.3 is 4.90 Å². The minimum Gasteiger partial charge on any atom is -0.305 e. The lowest BCUT2D eigenvalue weighted by Gasteiger charge is -2.16. The summed E-state index contributed by atoms with van der Waals surface area (Å²) in [6.07, 6.45) is 6.68. The van der Waals surface area contributed by atoms with Gasteiger partial charge in [0.25, 0.3) is 11.7 Å². The Morgan fingerprint density at radius 2 is 1.76 bits per heavy atom. The smallest absolute Gasteiger partial charge is 0.299 e. The molecule has 0 bridgehead atoms. The van der Waals surface area contributed by atoms with Gasteiger partial charge in [-0.2, -0.15) is 0 Å². The second-order valence-corrected chi connectivity index (χ2v) is 6.19. The van der Waals surface area contributed by atoms with Crippen molar-refractivity contribution in [3.63, 3.8) is 0 Å². The van der Waals surface area contributed by atoms with E-state index in [0.29, 0.717) is 12.2 Å². The van der Waals surface area contributed by atoms with Gasteiger partial charge in [0.05, 0.1) is 15.7 Å². The SMILES string of the molecule is CCCCCCCCN1C(=O)C(=O)c2cc(F)c(Br)cc21. The summed E-state index contributed by atoms with van der Waals surface area (Å²) in [5.74, 6) is -1.67. The summed E-state index contributed by atoms with van der Waals surface area (Å²) in [6, 6.07) is 2.66. The summed E-state index contributed by atoms with van der Waals surface area (Å²) < 4.78 is 13.8. The summed E-state index contributed by atoms with van der Waals surface area (Å²) in [4.78, 5) is 25.3. The molecular weight excluding hydrogens is 337 g/mol. The molecule has 0 radical (unpaired) electrons. The van der Waals surface area contributed by atoms with Crippen molar-refractivity contribution in [2.75, 3.05) is 11.4 Å². The normalized spacial score (nSPS) is 14.0. The van der Waals surface area contributed by atoms with E-state index in [1.54, 1.807) is 0 Å². The number of nitrogens with zero attached hydrogens (tertiary/aromatic N) is 1. The van der Waals surface area contributed by atoms with Crippen LogP contribution in [0.25, 0.3) is 0 Å². The molecule has 0 saturated heterocycles.